The second kappa shape index (κ2) is 6.31. The Labute approximate surface area is 158 Å². The Hall–Kier alpha value is -1.46. The molecule has 1 saturated carbocycles. The molecule has 1 fully saturated rings. The summed E-state index contributed by atoms with van der Waals surface area (Å²) in [6.45, 7) is 16.4. The van der Waals surface area contributed by atoms with Crippen LogP contribution in [0.15, 0.2) is 18.2 Å². The average molecular weight is 373 g/mol. The molecule has 0 unspecified atom stereocenters. The highest BCUT2D eigenvalue weighted by Gasteiger charge is 2.42. The van der Waals surface area contributed by atoms with Gasteiger partial charge in [0.2, 0.25) is 0 Å². The molecule has 1 aliphatic rings. The maximum Gasteiger partial charge on any atom is 0.193 e. The van der Waals surface area contributed by atoms with Gasteiger partial charge in [-0.2, -0.15) is 0 Å². The van der Waals surface area contributed by atoms with E-state index in [1.165, 1.54) is 12.8 Å². The van der Waals surface area contributed by atoms with Crippen LogP contribution in [0.2, 0.25) is 18.1 Å². The van der Waals surface area contributed by atoms with Crippen molar-refractivity contribution in [2.45, 2.75) is 77.7 Å². The Balaban J connectivity index is 2.00. The molecule has 2 heterocycles. The van der Waals surface area contributed by atoms with Crippen molar-refractivity contribution in [3.63, 3.8) is 0 Å². The van der Waals surface area contributed by atoms with Crippen molar-refractivity contribution in [3.8, 4) is 0 Å². The third-order valence-electron chi connectivity index (χ3n) is 5.97. The van der Waals surface area contributed by atoms with Gasteiger partial charge in [-0.15, -0.1) is 0 Å². The number of pyridine rings is 1. The molecule has 0 saturated heterocycles. The minimum absolute atomic E-state index is 0.144. The Morgan fingerprint density at radius 2 is 1.88 bits per heavy atom. The molecule has 3 rings (SSSR count). The normalized spacial score (nSPS) is 16.3. The van der Waals surface area contributed by atoms with E-state index in [1.807, 2.05) is 12.1 Å². The molecule has 0 amide bonds. The molecular weight excluding hydrogens is 340 g/mol. The summed E-state index contributed by atoms with van der Waals surface area (Å²) in [6.07, 6.45) is 3.44. The second-order valence-corrected chi connectivity index (χ2v) is 14.4. The zero-order chi connectivity index (χ0) is 19.3. The van der Waals surface area contributed by atoms with Crippen LogP contribution in [-0.4, -0.2) is 24.2 Å². The first kappa shape index (κ1) is 19.3. The van der Waals surface area contributed by atoms with E-state index in [4.69, 9.17) is 9.41 Å². The summed E-state index contributed by atoms with van der Waals surface area (Å²) in [4.78, 5) is 16.5. The van der Waals surface area contributed by atoms with E-state index in [-0.39, 0.29) is 5.04 Å². The van der Waals surface area contributed by atoms with Gasteiger partial charge in [0, 0.05) is 11.9 Å². The Morgan fingerprint density at radius 3 is 2.42 bits per heavy atom. The molecule has 2 aromatic rings. The number of carbonyl (C=O) groups excluding carboxylic acids is 1. The number of aromatic nitrogens is 2. The molecule has 0 radical (unpaired) electrons. The van der Waals surface area contributed by atoms with Crippen molar-refractivity contribution >= 4 is 25.6 Å². The first-order valence-corrected chi connectivity index (χ1v) is 12.5. The topological polar surface area (TPSA) is 44.1 Å². The van der Waals surface area contributed by atoms with E-state index in [9.17, 15) is 4.79 Å². The van der Waals surface area contributed by atoms with Gasteiger partial charge >= 0.3 is 0 Å². The zero-order valence-electron chi connectivity index (χ0n) is 17.2. The minimum Gasteiger partial charge on any atom is -0.406 e. The molecule has 0 aromatic carbocycles. The standard InChI is InChI=1S/C21H32N2O2Si/c1-20(2,3)26(6,7)25-21(4,5)18-11-10-16-12-17(14-24)23(19(16)22-18)13-15-8-9-15/h10-12,14-15H,8-9,13H2,1-7H3. The number of hydrogen-bond acceptors (Lipinski definition) is 3. The van der Waals surface area contributed by atoms with E-state index < -0.39 is 13.9 Å². The average Bonchev–Trinajstić information content (AvgIpc) is 3.26. The zero-order valence-corrected chi connectivity index (χ0v) is 18.2. The summed E-state index contributed by atoms with van der Waals surface area (Å²) in [7, 11) is -1.93. The van der Waals surface area contributed by atoms with Crippen molar-refractivity contribution in [3.05, 3.63) is 29.6 Å². The highest BCUT2D eigenvalue weighted by atomic mass is 28.4. The van der Waals surface area contributed by atoms with E-state index in [0.29, 0.717) is 5.92 Å². The molecule has 4 nitrogen and oxygen atoms in total. The van der Waals surface area contributed by atoms with E-state index in [2.05, 4.69) is 58.3 Å². The number of nitrogens with zero attached hydrogens (tertiary/aromatic N) is 2. The smallest absolute Gasteiger partial charge is 0.193 e. The summed E-state index contributed by atoms with van der Waals surface area (Å²) in [6, 6.07) is 6.07. The maximum absolute atomic E-state index is 11.5. The predicted octanol–water partition coefficient (Wildman–Crippen LogP) is 5.52. The third kappa shape index (κ3) is 3.65. The number of carbonyl (C=O) groups is 1. The largest absolute Gasteiger partial charge is 0.406 e. The summed E-state index contributed by atoms with van der Waals surface area (Å²) in [5, 5.41) is 1.17. The Morgan fingerprint density at radius 1 is 1.23 bits per heavy atom. The molecule has 26 heavy (non-hydrogen) atoms. The summed E-state index contributed by atoms with van der Waals surface area (Å²) in [5.74, 6) is 0.686. The SMILES string of the molecule is CC(C)(O[Si](C)(C)C(C)(C)C)c1ccc2cc(C=O)n(CC3CC3)c2n1. The predicted molar refractivity (Wildman–Crippen MR) is 109 cm³/mol. The van der Waals surface area contributed by atoms with Gasteiger partial charge in [-0.05, 0) is 68.9 Å². The lowest BCUT2D eigenvalue weighted by Crippen LogP contribution is -2.46. The molecule has 0 bridgehead atoms. The van der Waals surface area contributed by atoms with E-state index in [1.54, 1.807) is 0 Å². The second-order valence-electron chi connectivity index (χ2n) is 9.72. The molecule has 0 spiro atoms. The first-order valence-electron chi connectivity index (χ1n) is 9.61. The summed E-state index contributed by atoms with van der Waals surface area (Å²) >= 11 is 0. The Kier molecular flexibility index (Phi) is 4.68. The Bertz CT molecular complexity index is 826. The number of aldehydes is 1. The van der Waals surface area contributed by atoms with Crippen LogP contribution >= 0.6 is 0 Å². The van der Waals surface area contributed by atoms with Crippen molar-refractivity contribution in [1.29, 1.82) is 0 Å². The van der Waals surface area contributed by atoms with Gasteiger partial charge in [0.1, 0.15) is 5.65 Å². The summed E-state index contributed by atoms with van der Waals surface area (Å²) in [5.41, 5.74) is 2.10. The highest BCUT2D eigenvalue weighted by molar-refractivity contribution is 6.74. The fourth-order valence-electron chi connectivity index (χ4n) is 3.17. The van der Waals surface area contributed by atoms with Crippen molar-refractivity contribution in [2.24, 2.45) is 5.92 Å². The molecular formula is C21H32N2O2Si. The molecule has 0 aliphatic heterocycles. The molecule has 2 aromatic heterocycles. The van der Waals surface area contributed by atoms with Crippen LogP contribution in [0.5, 0.6) is 0 Å². The monoisotopic (exact) mass is 372 g/mol. The van der Waals surface area contributed by atoms with Gasteiger partial charge in [0.15, 0.2) is 14.6 Å². The first-order chi connectivity index (χ1) is 11.9. The number of rotatable bonds is 6. The van der Waals surface area contributed by atoms with Crippen LogP contribution in [0.4, 0.5) is 0 Å². The van der Waals surface area contributed by atoms with Crippen LogP contribution in [0, 0.1) is 5.92 Å². The van der Waals surface area contributed by atoms with Crippen LogP contribution in [-0.2, 0) is 16.6 Å². The summed E-state index contributed by atoms with van der Waals surface area (Å²) < 4.78 is 8.78. The quantitative estimate of drug-likeness (QED) is 0.495. The molecule has 0 atom stereocenters. The van der Waals surface area contributed by atoms with Crippen LogP contribution in [0.25, 0.3) is 11.0 Å². The van der Waals surface area contributed by atoms with Gasteiger partial charge in [0.25, 0.3) is 0 Å². The number of hydrogen-bond donors (Lipinski definition) is 0. The molecule has 0 N–H and O–H groups in total. The van der Waals surface area contributed by atoms with Gasteiger partial charge in [-0.25, -0.2) is 4.98 Å². The van der Waals surface area contributed by atoms with Gasteiger partial charge in [0.05, 0.1) is 17.0 Å². The lowest BCUT2D eigenvalue weighted by atomic mass is 10.0. The highest BCUT2D eigenvalue weighted by Crippen LogP contribution is 2.41. The van der Waals surface area contributed by atoms with Crippen LogP contribution in [0.3, 0.4) is 0 Å². The lowest BCUT2D eigenvalue weighted by Gasteiger charge is -2.42. The fraction of sp³-hybridized carbons (Fsp3) is 0.619. The van der Waals surface area contributed by atoms with Crippen molar-refractivity contribution in [2.75, 3.05) is 0 Å². The number of fused-ring (bicyclic) bond motifs is 1. The maximum atomic E-state index is 11.5. The fourth-order valence-corrected chi connectivity index (χ4v) is 4.86. The van der Waals surface area contributed by atoms with Crippen LogP contribution in [0.1, 0.15) is 63.6 Å². The van der Waals surface area contributed by atoms with Gasteiger partial charge in [-0.3, -0.25) is 4.79 Å². The van der Waals surface area contributed by atoms with Gasteiger partial charge in [-0.1, -0.05) is 20.8 Å². The van der Waals surface area contributed by atoms with E-state index >= 15 is 0 Å². The molecule has 142 valence electrons. The van der Waals surface area contributed by atoms with Crippen molar-refractivity contribution in [1.82, 2.24) is 9.55 Å². The van der Waals surface area contributed by atoms with Gasteiger partial charge < -0.3 is 8.99 Å². The lowest BCUT2D eigenvalue weighted by molar-refractivity contribution is 0.0859. The van der Waals surface area contributed by atoms with Crippen molar-refractivity contribution < 1.29 is 9.22 Å². The van der Waals surface area contributed by atoms with Crippen LogP contribution < -0.4 is 0 Å². The third-order valence-corrected chi connectivity index (χ3v) is 10.6. The van der Waals surface area contributed by atoms with E-state index in [0.717, 1.165) is 35.3 Å². The minimum atomic E-state index is -1.93. The molecule has 5 heteroatoms. The molecule has 1 aliphatic carbocycles.